The van der Waals surface area contributed by atoms with Crippen LogP contribution in [0.15, 0.2) is 4.99 Å². The van der Waals surface area contributed by atoms with Gasteiger partial charge in [-0.3, -0.25) is 4.99 Å². The van der Waals surface area contributed by atoms with Crippen molar-refractivity contribution in [1.29, 1.82) is 0 Å². The van der Waals surface area contributed by atoms with Crippen molar-refractivity contribution in [2.24, 2.45) is 16.6 Å². The Labute approximate surface area is 123 Å². The van der Waals surface area contributed by atoms with Crippen molar-refractivity contribution in [3.05, 3.63) is 0 Å². The van der Waals surface area contributed by atoms with Gasteiger partial charge in [0.05, 0.1) is 0 Å². The number of nitrogens with two attached hydrogens (primary N) is 1. The van der Waals surface area contributed by atoms with Crippen molar-refractivity contribution in [2.45, 2.75) is 40.0 Å². The van der Waals surface area contributed by atoms with Gasteiger partial charge < -0.3 is 15.8 Å². The second-order valence-corrected chi connectivity index (χ2v) is 4.28. The number of ether oxygens (including phenoxy) is 1. The summed E-state index contributed by atoms with van der Waals surface area (Å²) in [6.07, 6.45) is 3.21. The highest BCUT2D eigenvalue weighted by Gasteiger charge is 1.94. The first kappa shape index (κ1) is 19.3. The third-order valence-electron chi connectivity index (χ3n) is 2.21. The van der Waals surface area contributed by atoms with E-state index < -0.39 is 0 Å². The molecule has 0 aliphatic rings. The van der Waals surface area contributed by atoms with Crippen molar-refractivity contribution in [2.75, 3.05) is 26.3 Å². The van der Waals surface area contributed by atoms with Gasteiger partial charge in [0, 0.05) is 26.3 Å². The van der Waals surface area contributed by atoms with E-state index in [1.807, 2.05) is 6.92 Å². The van der Waals surface area contributed by atoms with Crippen LogP contribution in [0.5, 0.6) is 0 Å². The predicted molar refractivity (Wildman–Crippen MR) is 85.1 cm³/mol. The van der Waals surface area contributed by atoms with E-state index in [0.29, 0.717) is 11.9 Å². The van der Waals surface area contributed by atoms with Crippen LogP contribution >= 0.6 is 24.0 Å². The number of nitrogens with zero attached hydrogens (tertiary/aromatic N) is 1. The molecule has 3 N–H and O–H groups in total. The Kier molecular flexibility index (Phi) is 15.9. The van der Waals surface area contributed by atoms with Crippen LogP contribution < -0.4 is 11.1 Å². The number of guanidine groups is 1. The molecule has 0 aromatic heterocycles. The maximum Gasteiger partial charge on any atom is 0.188 e. The minimum atomic E-state index is 0. The van der Waals surface area contributed by atoms with Crippen molar-refractivity contribution < 1.29 is 4.74 Å². The lowest BCUT2D eigenvalue weighted by Crippen LogP contribution is -2.33. The Morgan fingerprint density at radius 3 is 2.65 bits per heavy atom. The van der Waals surface area contributed by atoms with Crippen LogP contribution in [0.2, 0.25) is 0 Å². The quantitative estimate of drug-likeness (QED) is 0.288. The van der Waals surface area contributed by atoms with Crippen LogP contribution in [0.25, 0.3) is 0 Å². The highest BCUT2D eigenvalue weighted by molar-refractivity contribution is 14.0. The number of unbranched alkanes of at least 4 members (excludes halogenated alkanes) is 1. The molecular formula is C12H28IN3O. The van der Waals surface area contributed by atoms with Crippen LogP contribution in [0.3, 0.4) is 0 Å². The molecule has 0 spiro atoms. The summed E-state index contributed by atoms with van der Waals surface area (Å²) in [5.74, 6) is 1.27. The standard InChI is InChI=1S/C12H27N3O.HI/c1-4-16-10-6-5-8-14-12(13)15-9-7-11(2)3;/h11H,4-10H2,1-3H3,(H3,13,14,15);1H. The third-order valence-corrected chi connectivity index (χ3v) is 2.21. The number of hydrogen-bond donors (Lipinski definition) is 2. The van der Waals surface area contributed by atoms with Gasteiger partial charge in [0.2, 0.25) is 0 Å². The van der Waals surface area contributed by atoms with Crippen molar-refractivity contribution in [3.63, 3.8) is 0 Å². The summed E-state index contributed by atoms with van der Waals surface area (Å²) in [6.45, 7) is 9.72. The van der Waals surface area contributed by atoms with Gasteiger partial charge in [-0.1, -0.05) is 13.8 Å². The molecule has 0 aromatic carbocycles. The maximum absolute atomic E-state index is 5.71. The Hall–Kier alpha value is -0.0400. The van der Waals surface area contributed by atoms with Crippen molar-refractivity contribution in [3.8, 4) is 0 Å². The lowest BCUT2D eigenvalue weighted by atomic mass is 10.1. The van der Waals surface area contributed by atoms with Crippen LogP contribution in [0.1, 0.15) is 40.0 Å². The molecule has 104 valence electrons. The first-order valence-corrected chi connectivity index (χ1v) is 6.28. The highest BCUT2D eigenvalue weighted by atomic mass is 127. The molecule has 5 heteroatoms. The fraction of sp³-hybridized carbons (Fsp3) is 0.917. The number of rotatable bonds is 9. The summed E-state index contributed by atoms with van der Waals surface area (Å²) >= 11 is 0. The maximum atomic E-state index is 5.71. The van der Waals surface area contributed by atoms with Gasteiger partial charge in [0.15, 0.2) is 5.96 Å². The summed E-state index contributed by atoms with van der Waals surface area (Å²) in [5.41, 5.74) is 5.71. The zero-order valence-electron chi connectivity index (χ0n) is 11.4. The van der Waals surface area contributed by atoms with Gasteiger partial charge >= 0.3 is 0 Å². The molecule has 0 aromatic rings. The van der Waals surface area contributed by atoms with Gasteiger partial charge in [-0.25, -0.2) is 0 Å². The van der Waals surface area contributed by atoms with Crippen LogP contribution in [0, 0.1) is 5.92 Å². The predicted octanol–water partition coefficient (Wildman–Crippen LogP) is 2.37. The molecule has 0 heterocycles. The van der Waals surface area contributed by atoms with E-state index in [-0.39, 0.29) is 24.0 Å². The molecule has 0 saturated heterocycles. The second-order valence-electron chi connectivity index (χ2n) is 4.28. The molecule has 0 bridgehead atoms. The summed E-state index contributed by atoms with van der Waals surface area (Å²) in [6, 6.07) is 0. The summed E-state index contributed by atoms with van der Waals surface area (Å²) in [7, 11) is 0. The smallest absolute Gasteiger partial charge is 0.188 e. The van der Waals surface area contributed by atoms with E-state index in [1.165, 1.54) is 0 Å². The minimum absolute atomic E-state index is 0. The summed E-state index contributed by atoms with van der Waals surface area (Å²) in [5, 5.41) is 3.11. The topological polar surface area (TPSA) is 59.6 Å². The molecule has 0 atom stereocenters. The van der Waals surface area contributed by atoms with Crippen LogP contribution in [0.4, 0.5) is 0 Å². The SMILES string of the molecule is CCOCCCCN=C(N)NCCC(C)C.I. The Balaban J connectivity index is 0. The first-order valence-electron chi connectivity index (χ1n) is 6.28. The lowest BCUT2D eigenvalue weighted by molar-refractivity contribution is 0.144. The lowest BCUT2D eigenvalue weighted by Gasteiger charge is -2.07. The highest BCUT2D eigenvalue weighted by Crippen LogP contribution is 1.96. The van der Waals surface area contributed by atoms with E-state index in [0.717, 1.165) is 45.6 Å². The number of hydrogen-bond acceptors (Lipinski definition) is 2. The zero-order valence-corrected chi connectivity index (χ0v) is 13.7. The van der Waals surface area contributed by atoms with Gasteiger partial charge in [-0.2, -0.15) is 0 Å². The van der Waals surface area contributed by atoms with Gasteiger partial charge in [-0.15, -0.1) is 24.0 Å². The monoisotopic (exact) mass is 357 g/mol. The Bertz CT molecular complexity index is 187. The van der Waals surface area contributed by atoms with Gasteiger partial charge in [-0.05, 0) is 32.1 Å². The molecule has 0 fully saturated rings. The molecule has 0 unspecified atom stereocenters. The summed E-state index contributed by atoms with van der Waals surface area (Å²) in [4.78, 5) is 4.25. The first-order chi connectivity index (χ1) is 7.66. The Morgan fingerprint density at radius 1 is 1.35 bits per heavy atom. The molecule has 0 saturated carbocycles. The normalized spacial score (nSPS) is 11.4. The second kappa shape index (κ2) is 14.0. The molecule has 0 aliphatic heterocycles. The molecule has 17 heavy (non-hydrogen) atoms. The van der Waals surface area contributed by atoms with Crippen LogP contribution in [-0.2, 0) is 4.74 Å². The minimum Gasteiger partial charge on any atom is -0.382 e. The van der Waals surface area contributed by atoms with Crippen molar-refractivity contribution in [1.82, 2.24) is 5.32 Å². The molecular weight excluding hydrogens is 329 g/mol. The van der Waals surface area contributed by atoms with Crippen LogP contribution in [-0.4, -0.2) is 32.3 Å². The molecule has 0 amide bonds. The largest absolute Gasteiger partial charge is 0.382 e. The zero-order chi connectivity index (χ0) is 12.2. The fourth-order valence-electron chi connectivity index (χ4n) is 1.20. The number of aliphatic imine (C=N–C) groups is 1. The summed E-state index contributed by atoms with van der Waals surface area (Å²) < 4.78 is 5.24. The van der Waals surface area contributed by atoms with Gasteiger partial charge in [0.25, 0.3) is 0 Å². The number of nitrogens with one attached hydrogen (secondary N) is 1. The van der Waals surface area contributed by atoms with E-state index in [9.17, 15) is 0 Å². The van der Waals surface area contributed by atoms with E-state index in [4.69, 9.17) is 10.5 Å². The number of halogens is 1. The molecule has 4 nitrogen and oxygen atoms in total. The van der Waals surface area contributed by atoms with E-state index in [1.54, 1.807) is 0 Å². The fourth-order valence-corrected chi connectivity index (χ4v) is 1.20. The molecule has 0 radical (unpaired) electrons. The van der Waals surface area contributed by atoms with Gasteiger partial charge in [0.1, 0.15) is 0 Å². The van der Waals surface area contributed by atoms with E-state index >= 15 is 0 Å². The van der Waals surface area contributed by atoms with E-state index in [2.05, 4.69) is 24.2 Å². The Morgan fingerprint density at radius 2 is 2.06 bits per heavy atom. The third kappa shape index (κ3) is 16.0. The van der Waals surface area contributed by atoms with Crippen molar-refractivity contribution >= 4 is 29.9 Å². The average Bonchev–Trinajstić information content (AvgIpc) is 2.22. The molecule has 0 aliphatic carbocycles. The molecule has 0 rings (SSSR count). The average molecular weight is 357 g/mol.